The van der Waals surface area contributed by atoms with E-state index in [4.69, 9.17) is 16.3 Å². The molecule has 0 aliphatic rings. The molecule has 0 atom stereocenters. The molecule has 0 aliphatic carbocycles. The summed E-state index contributed by atoms with van der Waals surface area (Å²) in [7, 11) is 1.54. The molecule has 0 aliphatic heterocycles. The van der Waals surface area contributed by atoms with Crippen molar-refractivity contribution in [3.63, 3.8) is 0 Å². The van der Waals surface area contributed by atoms with Crippen LogP contribution in [-0.4, -0.2) is 13.0 Å². The van der Waals surface area contributed by atoms with Crippen LogP contribution in [-0.2, 0) is 17.5 Å². The van der Waals surface area contributed by atoms with Gasteiger partial charge in [0, 0.05) is 12.6 Å². The number of hydrogen-bond acceptors (Lipinski definition) is 2. The molecule has 0 saturated heterocycles. The van der Waals surface area contributed by atoms with Gasteiger partial charge in [-0.3, -0.25) is 4.79 Å². The summed E-state index contributed by atoms with van der Waals surface area (Å²) >= 11 is 5.55. The van der Waals surface area contributed by atoms with Crippen molar-refractivity contribution >= 4 is 23.6 Å². The Morgan fingerprint density at radius 3 is 2.68 bits per heavy atom. The summed E-state index contributed by atoms with van der Waals surface area (Å²) in [5, 5.41) is 2.26. The largest absolute Gasteiger partial charge is 0.497 e. The van der Waals surface area contributed by atoms with Gasteiger partial charge >= 0.3 is 6.18 Å². The Kier molecular flexibility index (Phi) is 6.09. The van der Waals surface area contributed by atoms with Gasteiger partial charge in [-0.05, 0) is 41.5 Å². The van der Waals surface area contributed by atoms with E-state index in [0.717, 1.165) is 17.7 Å². The molecule has 1 N–H and O–H groups in total. The summed E-state index contributed by atoms with van der Waals surface area (Å²) in [4.78, 5) is 11.8. The van der Waals surface area contributed by atoms with Gasteiger partial charge in [-0.15, -0.1) is 0 Å². The normalized spacial score (nSPS) is 11.6. The lowest BCUT2D eigenvalue weighted by Crippen LogP contribution is -2.20. The molecule has 2 rings (SSSR count). The van der Waals surface area contributed by atoms with Crippen molar-refractivity contribution < 1.29 is 22.7 Å². The smallest absolute Gasteiger partial charge is 0.417 e. The third-order valence-corrected chi connectivity index (χ3v) is 3.65. The molecule has 7 heteroatoms. The van der Waals surface area contributed by atoms with E-state index in [0.29, 0.717) is 5.75 Å². The van der Waals surface area contributed by atoms with E-state index in [1.165, 1.54) is 18.2 Å². The number of halogens is 4. The van der Waals surface area contributed by atoms with E-state index in [1.807, 2.05) is 6.07 Å². The first-order chi connectivity index (χ1) is 11.8. The zero-order valence-corrected chi connectivity index (χ0v) is 14.0. The quantitative estimate of drug-likeness (QED) is 0.776. The third-order valence-electron chi connectivity index (χ3n) is 3.32. The fraction of sp³-hybridized carbons (Fsp3) is 0.167. The van der Waals surface area contributed by atoms with Gasteiger partial charge in [0.15, 0.2) is 0 Å². The van der Waals surface area contributed by atoms with Crippen molar-refractivity contribution in [1.82, 2.24) is 5.32 Å². The minimum Gasteiger partial charge on any atom is -0.497 e. The zero-order chi connectivity index (χ0) is 18.4. The highest BCUT2D eigenvalue weighted by molar-refractivity contribution is 6.31. The molecule has 132 valence electrons. The summed E-state index contributed by atoms with van der Waals surface area (Å²) in [6, 6.07) is 10.6. The lowest BCUT2D eigenvalue weighted by molar-refractivity contribution is -0.137. The van der Waals surface area contributed by atoms with Crippen LogP contribution in [0.1, 0.15) is 16.7 Å². The fourth-order valence-electron chi connectivity index (χ4n) is 2.07. The highest BCUT2D eigenvalue weighted by atomic mass is 35.5. The molecule has 0 bridgehead atoms. The Labute approximate surface area is 148 Å². The molecule has 0 spiro atoms. The molecule has 0 radical (unpaired) electrons. The second kappa shape index (κ2) is 8.07. The van der Waals surface area contributed by atoms with Gasteiger partial charge in [0.05, 0.1) is 17.7 Å². The molecule has 0 saturated carbocycles. The molecule has 0 aromatic heterocycles. The number of carbonyl (C=O) groups is 1. The molecule has 1 amide bonds. The standard InChI is InChI=1S/C18H15ClF3NO2/c1-25-14-4-2-3-13(9-14)11-23-17(24)8-6-12-5-7-16(19)15(10-12)18(20,21)22/h2-10H,11H2,1H3,(H,23,24)/b8-6+. The highest BCUT2D eigenvalue weighted by Gasteiger charge is 2.33. The zero-order valence-electron chi connectivity index (χ0n) is 13.2. The summed E-state index contributed by atoms with van der Waals surface area (Å²) < 4.78 is 43.5. The second-order valence-corrected chi connectivity index (χ2v) is 5.55. The first kappa shape index (κ1) is 18.9. The number of benzene rings is 2. The van der Waals surface area contributed by atoms with E-state index in [-0.39, 0.29) is 17.1 Å². The summed E-state index contributed by atoms with van der Waals surface area (Å²) in [6.07, 6.45) is -2.08. The number of amides is 1. The van der Waals surface area contributed by atoms with Crippen LogP contribution in [0.3, 0.4) is 0 Å². The number of carbonyl (C=O) groups excluding carboxylic acids is 1. The Hall–Kier alpha value is -2.47. The van der Waals surface area contributed by atoms with Gasteiger partial charge < -0.3 is 10.1 Å². The summed E-state index contributed by atoms with van der Waals surface area (Å²) in [6.45, 7) is 0.273. The first-order valence-corrected chi connectivity index (χ1v) is 7.63. The maximum absolute atomic E-state index is 12.8. The van der Waals surface area contributed by atoms with Gasteiger partial charge in [0.25, 0.3) is 0 Å². The molecular formula is C18H15ClF3NO2. The van der Waals surface area contributed by atoms with Crippen LogP contribution in [0.2, 0.25) is 5.02 Å². The summed E-state index contributed by atoms with van der Waals surface area (Å²) in [5.74, 6) is 0.245. The van der Waals surface area contributed by atoms with Crippen LogP contribution in [0.5, 0.6) is 5.75 Å². The average Bonchev–Trinajstić information content (AvgIpc) is 2.58. The van der Waals surface area contributed by atoms with E-state index in [9.17, 15) is 18.0 Å². The first-order valence-electron chi connectivity index (χ1n) is 7.25. The maximum atomic E-state index is 12.8. The lowest BCUT2D eigenvalue weighted by atomic mass is 10.1. The lowest BCUT2D eigenvalue weighted by Gasteiger charge is -2.09. The molecule has 0 fully saturated rings. The number of nitrogens with one attached hydrogen (secondary N) is 1. The Morgan fingerprint density at radius 2 is 2.00 bits per heavy atom. The molecule has 25 heavy (non-hydrogen) atoms. The van der Waals surface area contributed by atoms with Crippen LogP contribution in [0.4, 0.5) is 13.2 Å². The highest BCUT2D eigenvalue weighted by Crippen LogP contribution is 2.35. The predicted molar refractivity (Wildman–Crippen MR) is 90.3 cm³/mol. The third kappa shape index (κ3) is 5.53. The van der Waals surface area contributed by atoms with E-state index in [2.05, 4.69) is 5.32 Å². The predicted octanol–water partition coefficient (Wildman–Crippen LogP) is 4.70. The summed E-state index contributed by atoms with van der Waals surface area (Å²) in [5.41, 5.74) is 0.133. The van der Waals surface area contributed by atoms with E-state index >= 15 is 0 Å². The number of hydrogen-bond donors (Lipinski definition) is 1. The topological polar surface area (TPSA) is 38.3 Å². The minimum absolute atomic E-state index is 0.230. The molecule has 2 aromatic carbocycles. The van der Waals surface area contributed by atoms with Gasteiger partial charge in [0.2, 0.25) is 5.91 Å². The van der Waals surface area contributed by atoms with Gasteiger partial charge in [0.1, 0.15) is 5.75 Å². The SMILES string of the molecule is COc1cccc(CNC(=O)/C=C/c2ccc(Cl)c(C(F)(F)F)c2)c1. The second-order valence-electron chi connectivity index (χ2n) is 5.14. The fourth-order valence-corrected chi connectivity index (χ4v) is 2.29. The van der Waals surface area contributed by atoms with Crippen LogP contribution in [0.15, 0.2) is 48.5 Å². The van der Waals surface area contributed by atoms with E-state index in [1.54, 1.807) is 25.3 Å². The molecule has 0 unspecified atom stereocenters. The number of methoxy groups -OCH3 is 1. The van der Waals surface area contributed by atoms with Crippen molar-refractivity contribution in [3.05, 3.63) is 70.3 Å². The Morgan fingerprint density at radius 1 is 1.24 bits per heavy atom. The van der Waals surface area contributed by atoms with Crippen LogP contribution in [0, 0.1) is 0 Å². The Bertz CT molecular complexity index is 788. The molecular weight excluding hydrogens is 355 g/mol. The van der Waals surface area contributed by atoms with Crippen LogP contribution in [0.25, 0.3) is 6.08 Å². The number of rotatable bonds is 5. The van der Waals surface area contributed by atoms with Crippen LogP contribution < -0.4 is 10.1 Å². The monoisotopic (exact) mass is 369 g/mol. The van der Waals surface area contributed by atoms with Gasteiger partial charge in [-0.2, -0.15) is 13.2 Å². The number of ether oxygens (including phenoxy) is 1. The van der Waals surface area contributed by atoms with Crippen molar-refractivity contribution in [1.29, 1.82) is 0 Å². The number of alkyl halides is 3. The molecule has 3 nitrogen and oxygen atoms in total. The minimum atomic E-state index is -4.55. The average molecular weight is 370 g/mol. The van der Waals surface area contributed by atoms with Gasteiger partial charge in [-0.25, -0.2) is 0 Å². The van der Waals surface area contributed by atoms with Crippen molar-refractivity contribution in [3.8, 4) is 5.75 Å². The molecule has 2 aromatic rings. The van der Waals surface area contributed by atoms with E-state index < -0.39 is 17.6 Å². The maximum Gasteiger partial charge on any atom is 0.417 e. The van der Waals surface area contributed by atoms with Crippen molar-refractivity contribution in [2.75, 3.05) is 7.11 Å². The van der Waals surface area contributed by atoms with Crippen molar-refractivity contribution in [2.24, 2.45) is 0 Å². The van der Waals surface area contributed by atoms with Crippen molar-refractivity contribution in [2.45, 2.75) is 12.7 Å². The Balaban J connectivity index is 2.00. The van der Waals surface area contributed by atoms with Crippen LogP contribution >= 0.6 is 11.6 Å². The van der Waals surface area contributed by atoms with Gasteiger partial charge in [-0.1, -0.05) is 29.8 Å². The molecule has 0 heterocycles.